The molecule has 0 bridgehead atoms. The first-order valence-corrected chi connectivity index (χ1v) is 7.48. The Labute approximate surface area is 134 Å². The predicted octanol–water partition coefficient (Wildman–Crippen LogP) is 3.74. The van der Waals surface area contributed by atoms with Crippen LogP contribution in [0.5, 0.6) is 0 Å². The topological polar surface area (TPSA) is 47.8 Å². The number of hydrogen-bond acceptors (Lipinski definition) is 3. The number of ether oxygens (including phenoxy) is 1. The smallest absolute Gasteiger partial charge is 0.340 e. The molecule has 116 valence electrons. The fourth-order valence-corrected chi connectivity index (χ4v) is 2.51. The lowest BCUT2D eigenvalue weighted by molar-refractivity contribution is 0.0380. The van der Waals surface area contributed by atoms with Gasteiger partial charge < -0.3 is 9.14 Å². The van der Waals surface area contributed by atoms with Crippen LogP contribution < -0.4 is 0 Å². The molecule has 1 aromatic carbocycles. The van der Waals surface area contributed by atoms with Gasteiger partial charge in [0.2, 0.25) is 5.78 Å². The first kappa shape index (κ1) is 15.0. The van der Waals surface area contributed by atoms with Crippen LogP contribution in [0.4, 0.5) is 0 Å². The maximum atomic E-state index is 12.7. The lowest BCUT2D eigenvalue weighted by Crippen LogP contribution is -2.11. The number of rotatable bonds is 4. The summed E-state index contributed by atoms with van der Waals surface area (Å²) in [5.74, 6) is -0.550. The van der Waals surface area contributed by atoms with Crippen molar-refractivity contribution in [3.63, 3.8) is 0 Å². The van der Waals surface area contributed by atoms with E-state index in [2.05, 4.69) is 0 Å². The molecule has 4 heteroatoms. The fraction of sp³-hybridized carbons (Fsp3) is 0.158. The van der Waals surface area contributed by atoms with Crippen LogP contribution in [0.15, 0.2) is 60.8 Å². The summed E-state index contributed by atoms with van der Waals surface area (Å²) >= 11 is 0. The van der Waals surface area contributed by atoms with Crippen molar-refractivity contribution in [1.82, 2.24) is 4.40 Å². The zero-order valence-corrected chi connectivity index (χ0v) is 13.0. The Morgan fingerprint density at radius 1 is 1.00 bits per heavy atom. The van der Waals surface area contributed by atoms with Crippen molar-refractivity contribution in [3.8, 4) is 0 Å². The quantitative estimate of drug-likeness (QED) is 0.545. The molecule has 0 aliphatic rings. The normalized spacial score (nSPS) is 10.9. The molecule has 4 nitrogen and oxygen atoms in total. The van der Waals surface area contributed by atoms with Gasteiger partial charge in [0.05, 0.1) is 22.9 Å². The minimum atomic E-state index is -0.421. The van der Waals surface area contributed by atoms with Crippen LogP contribution in [0, 0.1) is 0 Å². The van der Waals surface area contributed by atoms with Gasteiger partial charge in [-0.05, 0) is 32.0 Å². The van der Waals surface area contributed by atoms with Crippen LogP contribution >= 0.6 is 0 Å². The third kappa shape index (κ3) is 2.88. The number of hydrogen-bond donors (Lipinski definition) is 0. The predicted molar refractivity (Wildman–Crippen MR) is 87.8 cm³/mol. The molecule has 0 fully saturated rings. The van der Waals surface area contributed by atoms with E-state index in [0.717, 1.165) is 0 Å². The number of nitrogens with zero attached hydrogens (tertiary/aromatic N) is 1. The van der Waals surface area contributed by atoms with Crippen molar-refractivity contribution < 1.29 is 14.3 Å². The van der Waals surface area contributed by atoms with E-state index in [1.54, 1.807) is 48.7 Å². The Bertz CT molecular complexity index is 863. The number of carbonyl (C=O) groups excluding carboxylic acids is 2. The minimum absolute atomic E-state index is 0.129. The van der Waals surface area contributed by atoms with Crippen LogP contribution in [-0.4, -0.2) is 22.3 Å². The van der Waals surface area contributed by atoms with Gasteiger partial charge in [0.1, 0.15) is 0 Å². The van der Waals surface area contributed by atoms with Crippen molar-refractivity contribution in [2.45, 2.75) is 20.0 Å². The fourth-order valence-electron chi connectivity index (χ4n) is 2.51. The second-order valence-electron chi connectivity index (χ2n) is 5.55. The molecule has 0 atom stereocenters. The van der Waals surface area contributed by atoms with Gasteiger partial charge in [-0.2, -0.15) is 0 Å². The number of carbonyl (C=O) groups is 2. The molecule has 2 heterocycles. The molecule has 0 saturated carbocycles. The molecule has 0 radical (unpaired) electrons. The van der Waals surface area contributed by atoms with Gasteiger partial charge in [0.15, 0.2) is 0 Å². The third-order valence-corrected chi connectivity index (χ3v) is 3.51. The Kier molecular flexibility index (Phi) is 3.98. The molecular formula is C19H17NO3. The number of benzene rings is 1. The summed E-state index contributed by atoms with van der Waals surface area (Å²) in [6.07, 6.45) is 1.56. The maximum Gasteiger partial charge on any atom is 0.340 e. The summed E-state index contributed by atoms with van der Waals surface area (Å²) in [6.45, 7) is 3.60. The average molecular weight is 307 g/mol. The highest BCUT2D eigenvalue weighted by Crippen LogP contribution is 2.21. The highest BCUT2D eigenvalue weighted by Gasteiger charge is 2.21. The number of ketones is 1. The number of pyridine rings is 1. The third-order valence-electron chi connectivity index (χ3n) is 3.51. The SMILES string of the molecule is CC(C)OC(=O)c1cc(C(=O)c2ccccc2)n2ccccc12. The standard InChI is InChI=1S/C19H17NO3/c1-13(2)23-19(22)15-12-17(20-11-7-6-10-16(15)20)18(21)14-8-4-3-5-9-14/h3-13H,1-2H3. The minimum Gasteiger partial charge on any atom is -0.459 e. The van der Waals surface area contributed by atoms with Gasteiger partial charge >= 0.3 is 5.97 Å². The summed E-state index contributed by atoms with van der Waals surface area (Å²) in [7, 11) is 0. The van der Waals surface area contributed by atoms with Gasteiger partial charge in [0.25, 0.3) is 0 Å². The van der Waals surface area contributed by atoms with Crippen molar-refractivity contribution >= 4 is 17.3 Å². The zero-order chi connectivity index (χ0) is 16.4. The zero-order valence-electron chi connectivity index (χ0n) is 13.0. The maximum absolute atomic E-state index is 12.7. The molecule has 0 N–H and O–H groups in total. The summed E-state index contributed by atoms with van der Waals surface area (Å²) in [5, 5.41) is 0. The lowest BCUT2D eigenvalue weighted by Gasteiger charge is -2.06. The molecule has 0 unspecified atom stereocenters. The number of aromatic nitrogens is 1. The van der Waals surface area contributed by atoms with Crippen molar-refractivity contribution in [1.29, 1.82) is 0 Å². The van der Waals surface area contributed by atoms with Crippen molar-refractivity contribution in [2.24, 2.45) is 0 Å². The van der Waals surface area contributed by atoms with Gasteiger partial charge in [-0.3, -0.25) is 4.79 Å². The largest absolute Gasteiger partial charge is 0.459 e. The first-order valence-electron chi connectivity index (χ1n) is 7.48. The van der Waals surface area contributed by atoms with E-state index in [1.165, 1.54) is 0 Å². The van der Waals surface area contributed by atoms with E-state index in [-0.39, 0.29) is 11.9 Å². The van der Waals surface area contributed by atoms with E-state index in [4.69, 9.17) is 4.74 Å². The second kappa shape index (κ2) is 6.08. The Morgan fingerprint density at radius 2 is 1.70 bits per heavy atom. The molecule has 3 rings (SSSR count). The van der Waals surface area contributed by atoms with Gasteiger partial charge in [-0.25, -0.2) is 4.79 Å². The molecule has 0 spiro atoms. The molecule has 0 amide bonds. The average Bonchev–Trinajstić information content (AvgIpc) is 2.94. The Balaban J connectivity index is 2.12. The highest BCUT2D eigenvalue weighted by molar-refractivity contribution is 6.11. The van der Waals surface area contributed by atoms with Gasteiger partial charge in [-0.1, -0.05) is 36.4 Å². The van der Waals surface area contributed by atoms with E-state index < -0.39 is 5.97 Å². The van der Waals surface area contributed by atoms with E-state index in [1.807, 2.05) is 30.3 Å². The van der Waals surface area contributed by atoms with E-state index in [9.17, 15) is 9.59 Å². The molecule has 0 aliphatic carbocycles. The van der Waals surface area contributed by atoms with Crippen LogP contribution in [0.1, 0.15) is 40.3 Å². The molecular weight excluding hydrogens is 290 g/mol. The van der Waals surface area contributed by atoms with Crippen LogP contribution in [0.2, 0.25) is 0 Å². The second-order valence-corrected chi connectivity index (χ2v) is 5.55. The summed E-state index contributed by atoms with van der Waals surface area (Å²) in [4.78, 5) is 25.0. The van der Waals surface area contributed by atoms with E-state index >= 15 is 0 Å². The Hall–Kier alpha value is -2.88. The summed E-state index contributed by atoms with van der Waals surface area (Å²) < 4.78 is 7.01. The van der Waals surface area contributed by atoms with Crippen LogP contribution in [-0.2, 0) is 4.74 Å². The first-order chi connectivity index (χ1) is 11.1. The molecule has 2 aromatic heterocycles. The number of esters is 1. The lowest BCUT2D eigenvalue weighted by atomic mass is 10.1. The van der Waals surface area contributed by atoms with Gasteiger partial charge in [-0.15, -0.1) is 0 Å². The Morgan fingerprint density at radius 3 is 2.39 bits per heavy atom. The molecule has 0 aliphatic heterocycles. The van der Waals surface area contributed by atoms with Crippen LogP contribution in [0.3, 0.4) is 0 Å². The molecule has 3 aromatic rings. The summed E-state index contributed by atoms with van der Waals surface area (Å²) in [6, 6.07) is 16.1. The van der Waals surface area contributed by atoms with Crippen molar-refractivity contribution in [3.05, 3.63) is 77.6 Å². The van der Waals surface area contributed by atoms with Crippen molar-refractivity contribution in [2.75, 3.05) is 0 Å². The van der Waals surface area contributed by atoms with Crippen LogP contribution in [0.25, 0.3) is 5.52 Å². The monoisotopic (exact) mass is 307 g/mol. The summed E-state index contributed by atoms with van der Waals surface area (Å²) in [5.41, 5.74) is 2.10. The molecule has 0 saturated heterocycles. The number of fused-ring (bicyclic) bond motifs is 1. The van der Waals surface area contributed by atoms with Gasteiger partial charge in [0, 0.05) is 11.8 Å². The van der Waals surface area contributed by atoms with E-state index in [0.29, 0.717) is 22.3 Å². The highest BCUT2D eigenvalue weighted by atomic mass is 16.5. The molecule has 23 heavy (non-hydrogen) atoms.